The van der Waals surface area contributed by atoms with Gasteiger partial charge in [-0.25, -0.2) is 4.98 Å². The minimum absolute atomic E-state index is 0.931. The second kappa shape index (κ2) is 8.08. The lowest BCUT2D eigenvalue weighted by Crippen LogP contribution is -1.98. The Hall–Kier alpha value is -2.47. The van der Waals surface area contributed by atoms with Crippen LogP contribution in [0.4, 0.5) is 0 Å². The number of nitrogens with zero attached hydrogens (tertiary/aromatic N) is 2. The third-order valence-electron chi connectivity index (χ3n) is 6.04. The molecule has 2 nitrogen and oxygen atoms in total. The van der Waals surface area contributed by atoms with Crippen LogP contribution in [-0.4, -0.2) is 9.55 Å². The summed E-state index contributed by atoms with van der Waals surface area (Å²) in [5, 5.41) is 4.70. The van der Waals surface area contributed by atoms with Crippen molar-refractivity contribution in [2.45, 2.75) is 6.92 Å². The Morgan fingerprint density at radius 3 is 1.85 bits per heavy atom. The van der Waals surface area contributed by atoms with Crippen molar-refractivity contribution in [1.82, 2.24) is 9.55 Å². The first-order valence-corrected chi connectivity index (χ1v) is 12.9. The van der Waals surface area contributed by atoms with Crippen molar-refractivity contribution < 1.29 is 0 Å². The lowest BCUT2D eigenvalue weighted by Gasteiger charge is -2.13. The zero-order valence-electron chi connectivity index (χ0n) is 17.6. The Bertz CT molecular complexity index is 1680. The van der Waals surface area contributed by atoms with E-state index in [1.807, 2.05) is 0 Å². The van der Waals surface area contributed by atoms with Crippen molar-refractivity contribution >= 4 is 80.4 Å². The van der Waals surface area contributed by atoms with E-state index in [2.05, 4.69) is 144 Å². The summed E-state index contributed by atoms with van der Waals surface area (Å²) in [6, 6.07) is 30.0. The average molecular weight is 621 g/mol. The second-order valence-corrected chi connectivity index (χ2v) is 10.9. The fourth-order valence-electron chi connectivity index (χ4n) is 4.49. The number of fused-ring (bicyclic) bond motifs is 6. The van der Waals surface area contributed by atoms with Gasteiger partial charge in [0.05, 0.1) is 11.0 Å². The van der Waals surface area contributed by atoms with Crippen LogP contribution in [0.15, 0.2) is 98.3 Å². The van der Waals surface area contributed by atoms with Gasteiger partial charge in [-0.15, -0.1) is 0 Å². The molecular formula is C28H17Br3N2. The lowest BCUT2D eigenvalue weighted by atomic mass is 10.00. The molecule has 1 aromatic heterocycles. The number of aryl methyl sites for hydroxylation is 1. The van der Waals surface area contributed by atoms with Crippen LogP contribution in [0.25, 0.3) is 49.7 Å². The van der Waals surface area contributed by atoms with E-state index >= 15 is 0 Å². The van der Waals surface area contributed by atoms with Crippen LogP contribution in [0, 0.1) is 6.92 Å². The van der Waals surface area contributed by atoms with Crippen molar-refractivity contribution in [2.24, 2.45) is 0 Å². The highest BCUT2D eigenvalue weighted by molar-refractivity contribution is 9.11. The molecule has 1 heterocycles. The number of benzene rings is 5. The molecule has 0 N–H and O–H groups in total. The fourth-order valence-corrected chi connectivity index (χ4v) is 5.47. The third kappa shape index (κ3) is 3.54. The number of aromatic nitrogens is 2. The minimum atomic E-state index is 0.931. The molecule has 6 aromatic rings. The Morgan fingerprint density at radius 2 is 1.18 bits per heavy atom. The summed E-state index contributed by atoms with van der Waals surface area (Å²) >= 11 is 10.9. The van der Waals surface area contributed by atoms with Crippen LogP contribution in [0.3, 0.4) is 0 Å². The zero-order valence-corrected chi connectivity index (χ0v) is 22.4. The van der Waals surface area contributed by atoms with E-state index in [4.69, 9.17) is 4.98 Å². The summed E-state index contributed by atoms with van der Waals surface area (Å²) in [7, 11) is 0. The normalized spacial score (nSPS) is 11.6. The van der Waals surface area contributed by atoms with Crippen LogP contribution in [0.2, 0.25) is 0 Å². The first-order valence-electron chi connectivity index (χ1n) is 10.6. The van der Waals surface area contributed by atoms with Gasteiger partial charge in [-0.3, -0.25) is 4.57 Å². The van der Waals surface area contributed by atoms with Crippen molar-refractivity contribution in [2.75, 3.05) is 0 Å². The van der Waals surface area contributed by atoms with E-state index in [-0.39, 0.29) is 0 Å². The summed E-state index contributed by atoms with van der Waals surface area (Å²) in [5.74, 6) is 0.931. The van der Waals surface area contributed by atoms with Gasteiger partial charge >= 0.3 is 0 Å². The molecule has 0 saturated heterocycles. The third-order valence-corrected chi connectivity index (χ3v) is 7.55. The Morgan fingerprint density at radius 1 is 0.606 bits per heavy atom. The standard InChI is InChI=1S/C28H17Br3N2/c1-16-2-10-21(11-3-16)33-27-23-13-9-20(31)15-25(23)24-14-19(30)8-12-22(24)26(27)32-28(33)17-4-6-18(29)7-5-17/h2-15H,1H3. The second-order valence-electron chi connectivity index (χ2n) is 8.19. The smallest absolute Gasteiger partial charge is 0.145 e. The number of hydrogen-bond acceptors (Lipinski definition) is 1. The monoisotopic (exact) mass is 618 g/mol. The van der Waals surface area contributed by atoms with Gasteiger partial charge in [-0.2, -0.15) is 0 Å². The number of halogens is 3. The molecule has 0 aliphatic rings. The average Bonchev–Trinajstić information content (AvgIpc) is 3.21. The fraction of sp³-hybridized carbons (Fsp3) is 0.0357. The van der Waals surface area contributed by atoms with E-state index in [0.717, 1.165) is 46.9 Å². The highest BCUT2D eigenvalue weighted by Crippen LogP contribution is 2.40. The SMILES string of the molecule is Cc1ccc(-n2c(-c3ccc(Br)cc3)nc3c4ccc(Br)cc4c4cc(Br)ccc4c32)cc1. The largest absolute Gasteiger partial charge is 0.292 e. The molecule has 6 rings (SSSR count). The minimum Gasteiger partial charge on any atom is -0.292 e. The highest BCUT2D eigenvalue weighted by atomic mass is 79.9. The topological polar surface area (TPSA) is 17.8 Å². The van der Waals surface area contributed by atoms with Crippen molar-refractivity contribution in [3.63, 3.8) is 0 Å². The maximum Gasteiger partial charge on any atom is 0.145 e. The molecule has 33 heavy (non-hydrogen) atoms. The van der Waals surface area contributed by atoms with Crippen LogP contribution in [-0.2, 0) is 0 Å². The Balaban J connectivity index is 1.86. The molecule has 160 valence electrons. The quantitative estimate of drug-likeness (QED) is 0.176. The molecule has 0 fully saturated rings. The highest BCUT2D eigenvalue weighted by Gasteiger charge is 2.20. The van der Waals surface area contributed by atoms with E-state index in [0.29, 0.717) is 0 Å². The van der Waals surface area contributed by atoms with Gasteiger partial charge in [-0.1, -0.05) is 89.8 Å². The first-order chi connectivity index (χ1) is 16.0. The lowest BCUT2D eigenvalue weighted by molar-refractivity contribution is 1.10. The molecule has 0 bridgehead atoms. The predicted octanol–water partition coefficient (Wildman–Crippen LogP) is 9.59. The van der Waals surface area contributed by atoms with Gasteiger partial charge in [0.1, 0.15) is 5.82 Å². The number of hydrogen-bond donors (Lipinski definition) is 0. The maximum absolute atomic E-state index is 5.26. The summed E-state index contributed by atoms with van der Waals surface area (Å²) < 4.78 is 5.47. The molecule has 5 heteroatoms. The summed E-state index contributed by atoms with van der Waals surface area (Å²) in [6.07, 6.45) is 0. The molecule has 0 unspecified atom stereocenters. The molecule has 0 spiro atoms. The van der Waals surface area contributed by atoms with Gasteiger partial charge < -0.3 is 0 Å². The van der Waals surface area contributed by atoms with Gasteiger partial charge in [0.15, 0.2) is 0 Å². The zero-order chi connectivity index (χ0) is 22.7. The molecule has 0 saturated carbocycles. The number of imidazole rings is 1. The van der Waals surface area contributed by atoms with Crippen LogP contribution >= 0.6 is 47.8 Å². The summed E-state index contributed by atoms with van der Waals surface area (Å²) in [4.78, 5) is 5.26. The van der Waals surface area contributed by atoms with Crippen molar-refractivity contribution in [3.05, 3.63) is 104 Å². The molecule has 0 aliphatic heterocycles. The van der Waals surface area contributed by atoms with E-state index in [1.165, 1.54) is 21.7 Å². The van der Waals surface area contributed by atoms with Gasteiger partial charge in [0, 0.05) is 35.4 Å². The summed E-state index contributed by atoms with van der Waals surface area (Å²) in [6.45, 7) is 2.11. The van der Waals surface area contributed by atoms with E-state index in [9.17, 15) is 0 Å². The summed E-state index contributed by atoms with van der Waals surface area (Å²) in [5.41, 5.74) is 5.53. The predicted molar refractivity (Wildman–Crippen MR) is 149 cm³/mol. The molecule has 0 atom stereocenters. The van der Waals surface area contributed by atoms with E-state index < -0.39 is 0 Å². The van der Waals surface area contributed by atoms with Crippen LogP contribution in [0.1, 0.15) is 5.56 Å². The Labute approximate surface area is 216 Å². The molecule has 0 amide bonds. The van der Waals surface area contributed by atoms with Gasteiger partial charge in [-0.05, 0) is 66.2 Å². The van der Waals surface area contributed by atoms with Gasteiger partial charge in [0.2, 0.25) is 0 Å². The molecular weight excluding hydrogens is 604 g/mol. The van der Waals surface area contributed by atoms with Crippen molar-refractivity contribution in [3.8, 4) is 17.1 Å². The van der Waals surface area contributed by atoms with Crippen LogP contribution < -0.4 is 0 Å². The molecule has 0 aliphatic carbocycles. The van der Waals surface area contributed by atoms with Gasteiger partial charge in [0.25, 0.3) is 0 Å². The van der Waals surface area contributed by atoms with Crippen LogP contribution in [0.5, 0.6) is 0 Å². The van der Waals surface area contributed by atoms with Crippen molar-refractivity contribution in [1.29, 1.82) is 0 Å². The maximum atomic E-state index is 5.26. The molecule has 0 radical (unpaired) electrons. The molecule has 5 aromatic carbocycles. The van der Waals surface area contributed by atoms with E-state index in [1.54, 1.807) is 0 Å². The first kappa shape index (κ1) is 21.1. The number of rotatable bonds is 2. The Kier molecular flexibility index (Phi) is 5.17.